The number of halogens is 3. The Kier molecular flexibility index (Phi) is 5.31. The van der Waals surface area contributed by atoms with Crippen molar-refractivity contribution in [3.63, 3.8) is 0 Å². The van der Waals surface area contributed by atoms with Crippen LogP contribution in [0.5, 0.6) is 0 Å². The van der Waals surface area contributed by atoms with E-state index in [1.165, 1.54) is 24.3 Å². The molecule has 3 rings (SSSR count). The van der Waals surface area contributed by atoms with Crippen molar-refractivity contribution in [3.05, 3.63) is 73.1 Å². The third-order valence-corrected chi connectivity index (χ3v) is 6.00. The Morgan fingerprint density at radius 3 is 2.11 bits per heavy atom. The van der Waals surface area contributed by atoms with Crippen LogP contribution >= 0.6 is 34.8 Å². The molecular weight excluding hydrogens is 433 g/mol. The Morgan fingerprint density at radius 2 is 1.56 bits per heavy atom. The number of aromatic nitrogens is 2. The van der Waals surface area contributed by atoms with E-state index in [9.17, 15) is 13.2 Å². The molecule has 0 fully saturated rings. The fraction of sp³-hybridized carbons (Fsp3) is 0.118. The van der Waals surface area contributed by atoms with Crippen molar-refractivity contribution >= 4 is 50.5 Å². The molecule has 0 bridgehead atoms. The molecule has 1 heterocycles. The van der Waals surface area contributed by atoms with Crippen molar-refractivity contribution < 1.29 is 8.42 Å². The molecule has 0 atom stereocenters. The lowest BCUT2D eigenvalue weighted by Crippen LogP contribution is -2.22. The fourth-order valence-electron chi connectivity index (χ4n) is 2.48. The SMILES string of the molecule is Cc1ccc(S(=O)(=O)Nc2c(C)[nH]n(-c3c(Cl)cc(Cl)cc3Cl)c2=O)cc1. The van der Waals surface area contributed by atoms with Gasteiger partial charge in [-0.2, -0.15) is 0 Å². The minimum Gasteiger partial charge on any atom is -0.293 e. The molecule has 0 saturated heterocycles. The van der Waals surface area contributed by atoms with E-state index in [0.717, 1.165) is 10.2 Å². The van der Waals surface area contributed by atoms with Crippen LogP contribution < -0.4 is 10.3 Å². The highest BCUT2D eigenvalue weighted by Gasteiger charge is 2.22. The zero-order valence-corrected chi connectivity index (χ0v) is 17.3. The number of rotatable bonds is 4. The maximum Gasteiger partial charge on any atom is 0.295 e. The summed E-state index contributed by atoms with van der Waals surface area (Å²) in [6, 6.07) is 9.14. The average molecular weight is 447 g/mol. The number of nitrogens with zero attached hydrogens (tertiary/aromatic N) is 1. The number of aryl methyl sites for hydroxylation is 2. The van der Waals surface area contributed by atoms with Crippen molar-refractivity contribution in [1.29, 1.82) is 0 Å². The van der Waals surface area contributed by atoms with Crippen LogP contribution in [0.3, 0.4) is 0 Å². The van der Waals surface area contributed by atoms with Gasteiger partial charge in [-0.25, -0.2) is 13.1 Å². The molecule has 6 nitrogen and oxygen atoms in total. The summed E-state index contributed by atoms with van der Waals surface area (Å²) >= 11 is 18.2. The van der Waals surface area contributed by atoms with Crippen molar-refractivity contribution in [2.45, 2.75) is 18.7 Å². The number of anilines is 1. The van der Waals surface area contributed by atoms with Gasteiger partial charge in [0.15, 0.2) is 0 Å². The van der Waals surface area contributed by atoms with Crippen LogP contribution in [0.25, 0.3) is 5.69 Å². The highest BCUT2D eigenvalue weighted by Crippen LogP contribution is 2.31. The van der Waals surface area contributed by atoms with Crippen LogP contribution in [0.1, 0.15) is 11.3 Å². The van der Waals surface area contributed by atoms with E-state index in [4.69, 9.17) is 34.8 Å². The van der Waals surface area contributed by atoms with Crippen LogP contribution in [-0.2, 0) is 10.0 Å². The molecule has 10 heteroatoms. The molecule has 0 unspecified atom stereocenters. The molecular formula is C17H14Cl3N3O3S. The van der Waals surface area contributed by atoms with Gasteiger partial charge in [-0.05, 0) is 38.1 Å². The minimum absolute atomic E-state index is 0.0437. The Morgan fingerprint density at radius 1 is 1.00 bits per heavy atom. The maximum atomic E-state index is 12.8. The van der Waals surface area contributed by atoms with Gasteiger partial charge in [0, 0.05) is 5.02 Å². The summed E-state index contributed by atoms with van der Waals surface area (Å²) in [6.07, 6.45) is 0. The Balaban J connectivity index is 2.08. The van der Waals surface area contributed by atoms with Gasteiger partial charge in [-0.1, -0.05) is 52.5 Å². The third-order valence-electron chi connectivity index (χ3n) is 3.84. The maximum absolute atomic E-state index is 12.8. The molecule has 0 saturated carbocycles. The van der Waals surface area contributed by atoms with Gasteiger partial charge < -0.3 is 0 Å². The van der Waals surface area contributed by atoms with Crippen LogP contribution in [0.15, 0.2) is 46.1 Å². The summed E-state index contributed by atoms with van der Waals surface area (Å²) in [6.45, 7) is 3.40. The highest BCUT2D eigenvalue weighted by atomic mass is 35.5. The second-order valence-corrected chi connectivity index (χ2v) is 8.82. The van der Waals surface area contributed by atoms with Crippen LogP contribution in [-0.4, -0.2) is 18.2 Å². The second kappa shape index (κ2) is 7.24. The summed E-state index contributed by atoms with van der Waals surface area (Å²) < 4.78 is 28.6. The first kappa shape index (κ1) is 19.8. The minimum atomic E-state index is -3.94. The number of sulfonamides is 1. The number of hydrogen-bond acceptors (Lipinski definition) is 3. The largest absolute Gasteiger partial charge is 0.295 e. The standard InChI is InChI=1S/C17H14Cl3N3O3S/c1-9-3-5-12(6-4-9)27(25,26)22-15-10(2)21-23(17(15)24)16-13(19)7-11(18)8-14(16)20/h3-8,21-22H,1-2H3. The first-order valence-electron chi connectivity index (χ1n) is 7.66. The lowest BCUT2D eigenvalue weighted by Gasteiger charge is -2.08. The van der Waals surface area contributed by atoms with E-state index in [1.807, 2.05) is 6.92 Å². The first-order valence-corrected chi connectivity index (χ1v) is 10.3. The zero-order valence-electron chi connectivity index (χ0n) is 14.2. The topological polar surface area (TPSA) is 84.0 Å². The van der Waals surface area contributed by atoms with Crippen molar-refractivity contribution in [2.75, 3.05) is 4.72 Å². The zero-order chi connectivity index (χ0) is 19.9. The highest BCUT2D eigenvalue weighted by molar-refractivity contribution is 7.92. The number of benzene rings is 2. The summed E-state index contributed by atoms with van der Waals surface area (Å²) in [7, 11) is -3.94. The number of hydrogen-bond donors (Lipinski definition) is 2. The number of nitrogens with one attached hydrogen (secondary N) is 2. The van der Waals surface area contributed by atoms with Crippen molar-refractivity contribution in [2.24, 2.45) is 0 Å². The van der Waals surface area contributed by atoms with Crippen LogP contribution in [0, 0.1) is 13.8 Å². The summed E-state index contributed by atoms with van der Waals surface area (Å²) in [5.41, 5.74) is 0.627. The van der Waals surface area contributed by atoms with Gasteiger partial charge in [0.25, 0.3) is 15.6 Å². The van der Waals surface area contributed by atoms with Crippen molar-refractivity contribution in [1.82, 2.24) is 9.78 Å². The lowest BCUT2D eigenvalue weighted by molar-refractivity contribution is 0.601. The van der Waals surface area contributed by atoms with Gasteiger partial charge in [-0.3, -0.25) is 14.6 Å². The molecule has 3 aromatic rings. The average Bonchev–Trinajstić information content (AvgIpc) is 2.82. The molecule has 0 spiro atoms. The lowest BCUT2D eigenvalue weighted by atomic mass is 10.2. The molecule has 0 radical (unpaired) electrons. The molecule has 0 amide bonds. The molecule has 142 valence electrons. The third kappa shape index (κ3) is 3.87. The van der Waals surface area contributed by atoms with E-state index in [1.54, 1.807) is 19.1 Å². The Labute approximate surface area is 170 Å². The quantitative estimate of drug-likeness (QED) is 0.617. The Hall–Kier alpha value is -1.93. The molecule has 2 aromatic carbocycles. The molecule has 2 N–H and O–H groups in total. The normalized spacial score (nSPS) is 11.6. The second-order valence-electron chi connectivity index (χ2n) is 5.89. The first-order chi connectivity index (χ1) is 12.6. The predicted molar refractivity (Wildman–Crippen MR) is 108 cm³/mol. The molecule has 27 heavy (non-hydrogen) atoms. The van der Waals surface area contributed by atoms with E-state index in [-0.39, 0.29) is 26.3 Å². The van der Waals surface area contributed by atoms with Gasteiger partial charge in [0.1, 0.15) is 11.4 Å². The molecule has 0 aliphatic rings. The smallest absolute Gasteiger partial charge is 0.293 e. The van der Waals surface area contributed by atoms with Gasteiger partial charge in [0.2, 0.25) is 0 Å². The predicted octanol–water partition coefficient (Wildman–Crippen LogP) is 4.54. The fourth-order valence-corrected chi connectivity index (χ4v) is 4.59. The van der Waals surface area contributed by atoms with Gasteiger partial charge in [0.05, 0.1) is 20.6 Å². The van der Waals surface area contributed by atoms with E-state index in [2.05, 4.69) is 9.82 Å². The van der Waals surface area contributed by atoms with Crippen LogP contribution in [0.4, 0.5) is 5.69 Å². The summed E-state index contributed by atoms with van der Waals surface area (Å²) in [4.78, 5) is 12.8. The van der Waals surface area contributed by atoms with E-state index >= 15 is 0 Å². The van der Waals surface area contributed by atoms with E-state index in [0.29, 0.717) is 10.7 Å². The number of aromatic amines is 1. The summed E-state index contributed by atoms with van der Waals surface area (Å²) in [5.74, 6) is 0. The monoisotopic (exact) mass is 445 g/mol. The molecule has 0 aliphatic heterocycles. The molecule has 0 aliphatic carbocycles. The van der Waals surface area contributed by atoms with Gasteiger partial charge >= 0.3 is 0 Å². The number of H-pyrrole nitrogens is 1. The Bertz CT molecular complexity index is 1160. The van der Waals surface area contributed by atoms with Crippen LogP contribution in [0.2, 0.25) is 15.1 Å². The molecule has 1 aromatic heterocycles. The summed E-state index contributed by atoms with van der Waals surface area (Å²) in [5, 5.41) is 3.37. The van der Waals surface area contributed by atoms with Crippen molar-refractivity contribution in [3.8, 4) is 5.69 Å². The van der Waals surface area contributed by atoms with E-state index < -0.39 is 15.6 Å². The van der Waals surface area contributed by atoms with Gasteiger partial charge in [-0.15, -0.1) is 0 Å².